The molecule has 0 radical (unpaired) electrons. The van der Waals surface area contributed by atoms with Crippen LogP contribution in [0.2, 0.25) is 0 Å². The molecule has 0 aliphatic heterocycles. The van der Waals surface area contributed by atoms with Gasteiger partial charge in [0.15, 0.2) is 5.65 Å². The van der Waals surface area contributed by atoms with Gasteiger partial charge in [0.2, 0.25) is 0 Å². The van der Waals surface area contributed by atoms with Crippen LogP contribution in [0.3, 0.4) is 0 Å². The van der Waals surface area contributed by atoms with E-state index >= 15 is 0 Å². The van der Waals surface area contributed by atoms with Gasteiger partial charge in [-0.25, -0.2) is 4.98 Å². The lowest BCUT2D eigenvalue weighted by Crippen LogP contribution is -2.08. The highest BCUT2D eigenvalue weighted by atomic mass is 16.1. The summed E-state index contributed by atoms with van der Waals surface area (Å²) in [4.78, 5) is 23.3. The zero-order chi connectivity index (χ0) is 19.8. The quantitative estimate of drug-likeness (QED) is 0.568. The molecule has 0 fully saturated rings. The number of hydrogen-bond donors (Lipinski definition) is 2. The molecule has 6 heteroatoms. The Labute approximate surface area is 163 Å². The number of aromatic amines is 1. The minimum absolute atomic E-state index is 0.221. The van der Waals surface area contributed by atoms with Crippen molar-refractivity contribution >= 4 is 11.3 Å². The minimum Gasteiger partial charge on any atom is -0.378 e. The molecule has 0 aliphatic rings. The fourth-order valence-electron chi connectivity index (χ4n) is 3.48. The van der Waals surface area contributed by atoms with Gasteiger partial charge in [0, 0.05) is 24.0 Å². The molecule has 3 heterocycles. The van der Waals surface area contributed by atoms with Gasteiger partial charge in [-0.1, -0.05) is 18.2 Å². The Hall–Kier alpha value is -3.41. The Morgan fingerprint density at radius 3 is 2.57 bits per heavy atom. The van der Waals surface area contributed by atoms with E-state index in [1.807, 2.05) is 26.1 Å². The molecule has 4 aromatic rings. The van der Waals surface area contributed by atoms with Crippen molar-refractivity contribution in [1.82, 2.24) is 19.4 Å². The summed E-state index contributed by atoms with van der Waals surface area (Å²) in [6.07, 6.45) is 4.92. The number of pyridine rings is 1. The van der Waals surface area contributed by atoms with Crippen LogP contribution >= 0.6 is 0 Å². The van der Waals surface area contributed by atoms with Gasteiger partial charge in [0.05, 0.1) is 29.5 Å². The number of nitrogens with zero attached hydrogens (tertiary/aromatic N) is 3. The molecule has 4 rings (SSSR count). The van der Waals surface area contributed by atoms with Crippen LogP contribution in [0.5, 0.6) is 0 Å². The molecule has 3 aromatic heterocycles. The summed E-state index contributed by atoms with van der Waals surface area (Å²) in [7, 11) is 0. The standard InChI is InChI=1S/C22H23N5O/c1-13-6-5-7-14(2)18(13)9-24-19-8-17(20-10-23-11-21(28)26-20)12-27-16(4)15(3)25-22(19)27/h5-8,10-12,24H,9H2,1-4H3,(H,26,28). The average molecular weight is 373 g/mol. The van der Waals surface area contributed by atoms with Crippen molar-refractivity contribution < 1.29 is 0 Å². The maximum absolute atomic E-state index is 11.7. The largest absolute Gasteiger partial charge is 0.378 e. The van der Waals surface area contributed by atoms with Crippen LogP contribution in [0.4, 0.5) is 5.69 Å². The van der Waals surface area contributed by atoms with E-state index in [1.54, 1.807) is 6.20 Å². The van der Waals surface area contributed by atoms with Gasteiger partial charge in [-0.3, -0.25) is 9.78 Å². The number of imidazole rings is 1. The number of H-pyrrole nitrogens is 1. The molecule has 2 N–H and O–H groups in total. The number of aromatic nitrogens is 4. The minimum atomic E-state index is -0.221. The van der Waals surface area contributed by atoms with E-state index in [2.05, 4.69) is 51.7 Å². The first-order valence-electron chi connectivity index (χ1n) is 9.27. The lowest BCUT2D eigenvalue weighted by molar-refractivity contribution is 1.06. The molecule has 0 spiro atoms. The van der Waals surface area contributed by atoms with Gasteiger partial charge >= 0.3 is 0 Å². The van der Waals surface area contributed by atoms with Crippen LogP contribution in [-0.4, -0.2) is 19.4 Å². The van der Waals surface area contributed by atoms with Crippen LogP contribution in [-0.2, 0) is 6.54 Å². The molecule has 0 atom stereocenters. The van der Waals surface area contributed by atoms with E-state index in [1.165, 1.54) is 22.9 Å². The first-order valence-corrected chi connectivity index (χ1v) is 9.27. The SMILES string of the molecule is Cc1cccc(C)c1CNc1cc(-c2cncc(=O)[nH]2)cn2c(C)c(C)nc12. The maximum Gasteiger partial charge on any atom is 0.266 e. The van der Waals surface area contributed by atoms with Gasteiger partial charge in [-0.2, -0.15) is 0 Å². The number of anilines is 1. The predicted molar refractivity (Wildman–Crippen MR) is 112 cm³/mol. The van der Waals surface area contributed by atoms with Gasteiger partial charge in [0.1, 0.15) is 0 Å². The fraction of sp³-hybridized carbons (Fsp3) is 0.227. The Morgan fingerprint density at radius 2 is 1.86 bits per heavy atom. The molecular weight excluding hydrogens is 350 g/mol. The molecule has 142 valence electrons. The first-order chi connectivity index (χ1) is 13.4. The topological polar surface area (TPSA) is 75.1 Å². The van der Waals surface area contributed by atoms with Crippen LogP contribution in [0.25, 0.3) is 16.9 Å². The second-order valence-corrected chi connectivity index (χ2v) is 7.15. The van der Waals surface area contributed by atoms with Gasteiger partial charge < -0.3 is 14.7 Å². The van der Waals surface area contributed by atoms with Crippen molar-refractivity contribution in [3.63, 3.8) is 0 Å². The second-order valence-electron chi connectivity index (χ2n) is 7.15. The third-order valence-electron chi connectivity index (χ3n) is 5.26. The predicted octanol–water partition coefficient (Wildman–Crippen LogP) is 3.93. The molecule has 0 amide bonds. The highest BCUT2D eigenvalue weighted by molar-refractivity contribution is 5.75. The van der Waals surface area contributed by atoms with Crippen LogP contribution in [0.15, 0.2) is 47.7 Å². The fourth-order valence-corrected chi connectivity index (χ4v) is 3.48. The van der Waals surface area contributed by atoms with Crippen LogP contribution < -0.4 is 10.9 Å². The van der Waals surface area contributed by atoms with Gasteiger partial charge in [-0.15, -0.1) is 0 Å². The molecule has 6 nitrogen and oxygen atoms in total. The van der Waals surface area contributed by atoms with Gasteiger partial charge in [0.25, 0.3) is 5.56 Å². The van der Waals surface area contributed by atoms with E-state index in [0.717, 1.165) is 28.3 Å². The van der Waals surface area contributed by atoms with Crippen molar-refractivity contribution in [2.75, 3.05) is 5.32 Å². The number of rotatable bonds is 4. The summed E-state index contributed by atoms with van der Waals surface area (Å²) in [6, 6.07) is 8.34. The zero-order valence-corrected chi connectivity index (χ0v) is 16.5. The number of nitrogens with one attached hydrogen (secondary N) is 2. The monoisotopic (exact) mass is 373 g/mol. The normalized spacial score (nSPS) is 11.1. The Bertz CT molecular complexity index is 1220. The zero-order valence-electron chi connectivity index (χ0n) is 16.5. The molecule has 1 aromatic carbocycles. The van der Waals surface area contributed by atoms with Crippen molar-refractivity contribution in [2.45, 2.75) is 34.2 Å². The van der Waals surface area contributed by atoms with Crippen molar-refractivity contribution in [1.29, 1.82) is 0 Å². The number of fused-ring (bicyclic) bond motifs is 1. The number of benzene rings is 1. The molecule has 0 saturated heterocycles. The van der Waals surface area contributed by atoms with E-state index in [9.17, 15) is 4.79 Å². The summed E-state index contributed by atoms with van der Waals surface area (Å²) < 4.78 is 2.06. The smallest absolute Gasteiger partial charge is 0.266 e. The Balaban J connectivity index is 1.82. The highest BCUT2D eigenvalue weighted by Gasteiger charge is 2.13. The van der Waals surface area contributed by atoms with E-state index < -0.39 is 0 Å². The molecule has 0 saturated carbocycles. The summed E-state index contributed by atoms with van der Waals surface area (Å²) in [6.45, 7) is 9.00. The second kappa shape index (κ2) is 6.96. The molecule has 0 unspecified atom stereocenters. The molecule has 0 bridgehead atoms. The lowest BCUT2D eigenvalue weighted by atomic mass is 10.0. The summed E-state index contributed by atoms with van der Waals surface area (Å²) in [5, 5.41) is 3.56. The van der Waals surface area contributed by atoms with Crippen molar-refractivity contribution in [3.05, 3.63) is 81.3 Å². The summed E-state index contributed by atoms with van der Waals surface area (Å²) in [5.41, 5.74) is 8.96. The Morgan fingerprint density at radius 1 is 1.11 bits per heavy atom. The lowest BCUT2D eigenvalue weighted by Gasteiger charge is -2.14. The van der Waals surface area contributed by atoms with Crippen LogP contribution in [0, 0.1) is 27.7 Å². The van der Waals surface area contributed by atoms with Crippen molar-refractivity contribution in [2.24, 2.45) is 0 Å². The number of hydrogen-bond acceptors (Lipinski definition) is 4. The highest BCUT2D eigenvalue weighted by Crippen LogP contribution is 2.27. The molecule has 0 aliphatic carbocycles. The third-order valence-corrected chi connectivity index (χ3v) is 5.26. The van der Waals surface area contributed by atoms with Crippen molar-refractivity contribution in [3.8, 4) is 11.3 Å². The van der Waals surface area contributed by atoms with E-state index in [-0.39, 0.29) is 5.56 Å². The van der Waals surface area contributed by atoms with Crippen LogP contribution in [0.1, 0.15) is 28.1 Å². The first kappa shape index (κ1) is 18.0. The number of aryl methyl sites for hydroxylation is 4. The average Bonchev–Trinajstić information content (AvgIpc) is 2.96. The summed E-state index contributed by atoms with van der Waals surface area (Å²) in [5.74, 6) is 0. The van der Waals surface area contributed by atoms with Gasteiger partial charge in [-0.05, 0) is 50.5 Å². The maximum atomic E-state index is 11.7. The van der Waals surface area contributed by atoms with E-state index in [4.69, 9.17) is 4.98 Å². The Kier molecular flexibility index (Phi) is 4.47. The molecular formula is C22H23N5O. The van der Waals surface area contributed by atoms with E-state index in [0.29, 0.717) is 12.2 Å². The third kappa shape index (κ3) is 3.17. The molecule has 28 heavy (non-hydrogen) atoms. The summed E-state index contributed by atoms with van der Waals surface area (Å²) >= 11 is 0.